The van der Waals surface area contributed by atoms with Gasteiger partial charge in [0.25, 0.3) is 0 Å². The predicted molar refractivity (Wildman–Crippen MR) is 124 cm³/mol. The van der Waals surface area contributed by atoms with Gasteiger partial charge in [0.1, 0.15) is 18.9 Å². The first-order chi connectivity index (χ1) is 15.9. The van der Waals surface area contributed by atoms with E-state index in [1.165, 1.54) is 9.58 Å². The minimum absolute atomic E-state index is 0.0992. The lowest BCUT2D eigenvalue weighted by Crippen LogP contribution is -2.45. The first-order valence-electron chi connectivity index (χ1n) is 11.8. The summed E-state index contributed by atoms with van der Waals surface area (Å²) in [7, 11) is 0. The van der Waals surface area contributed by atoms with Gasteiger partial charge in [-0.2, -0.15) is 5.10 Å². The van der Waals surface area contributed by atoms with Crippen LogP contribution >= 0.6 is 0 Å². The topological polar surface area (TPSA) is 98.5 Å². The van der Waals surface area contributed by atoms with E-state index in [1.54, 1.807) is 4.57 Å². The van der Waals surface area contributed by atoms with E-state index in [0.717, 1.165) is 61.2 Å². The lowest BCUT2D eigenvalue weighted by molar-refractivity contribution is -0.137. The molecule has 4 rings (SSSR count). The third-order valence-corrected chi connectivity index (χ3v) is 6.58. The van der Waals surface area contributed by atoms with Crippen LogP contribution in [0.25, 0.3) is 0 Å². The Morgan fingerprint density at radius 1 is 1.21 bits per heavy atom. The molecular formula is C24H33N5O4. The number of ether oxygens (including phenoxy) is 1. The van der Waals surface area contributed by atoms with Crippen molar-refractivity contribution in [1.82, 2.24) is 19.2 Å². The molecule has 1 N–H and O–H groups in total. The van der Waals surface area contributed by atoms with E-state index in [1.807, 2.05) is 32.0 Å². The highest BCUT2D eigenvalue weighted by atomic mass is 16.5. The fraction of sp³-hybridized carbons (Fsp3) is 0.583. The van der Waals surface area contributed by atoms with E-state index in [9.17, 15) is 14.4 Å². The molecule has 178 valence electrons. The molecule has 33 heavy (non-hydrogen) atoms. The summed E-state index contributed by atoms with van der Waals surface area (Å²) in [6.45, 7) is 5.28. The van der Waals surface area contributed by atoms with E-state index < -0.39 is 0 Å². The van der Waals surface area contributed by atoms with Gasteiger partial charge < -0.3 is 15.0 Å². The Morgan fingerprint density at radius 3 is 2.85 bits per heavy atom. The molecule has 1 saturated heterocycles. The first-order valence-corrected chi connectivity index (χ1v) is 11.8. The Hall–Kier alpha value is -2.94. The number of amides is 2. The molecule has 1 aromatic carbocycles. The number of aromatic nitrogens is 3. The van der Waals surface area contributed by atoms with Crippen LogP contribution in [0.15, 0.2) is 23.0 Å². The van der Waals surface area contributed by atoms with E-state index in [-0.39, 0.29) is 36.7 Å². The monoisotopic (exact) mass is 455 g/mol. The van der Waals surface area contributed by atoms with Crippen molar-refractivity contribution in [1.29, 1.82) is 0 Å². The van der Waals surface area contributed by atoms with E-state index in [2.05, 4.69) is 10.4 Å². The largest absolute Gasteiger partial charge is 0.376 e. The zero-order valence-corrected chi connectivity index (χ0v) is 19.5. The molecule has 1 unspecified atom stereocenters. The van der Waals surface area contributed by atoms with Crippen LogP contribution in [0.3, 0.4) is 0 Å². The van der Waals surface area contributed by atoms with Crippen molar-refractivity contribution >= 4 is 17.5 Å². The smallest absolute Gasteiger partial charge is 0.346 e. The third-order valence-electron chi connectivity index (χ3n) is 6.58. The van der Waals surface area contributed by atoms with Crippen molar-refractivity contribution in [2.45, 2.75) is 71.6 Å². The SMILES string of the molecule is Cc1cccc(NC(=O)CN(CC2CCCO2)C(=O)Cn2nc3n(c2=O)CCCCC3)c1C. The van der Waals surface area contributed by atoms with Crippen LogP contribution in [0.4, 0.5) is 5.69 Å². The van der Waals surface area contributed by atoms with Crippen molar-refractivity contribution in [2.75, 3.05) is 25.0 Å². The molecule has 0 saturated carbocycles. The number of aryl methyl sites for hydroxylation is 2. The molecule has 0 bridgehead atoms. The fourth-order valence-electron chi connectivity index (χ4n) is 4.49. The Morgan fingerprint density at radius 2 is 2.06 bits per heavy atom. The maximum absolute atomic E-state index is 13.2. The molecule has 0 radical (unpaired) electrons. The number of benzene rings is 1. The highest BCUT2D eigenvalue weighted by Gasteiger charge is 2.26. The highest BCUT2D eigenvalue weighted by molar-refractivity contribution is 5.95. The summed E-state index contributed by atoms with van der Waals surface area (Å²) < 4.78 is 8.63. The van der Waals surface area contributed by atoms with Crippen LogP contribution in [0.1, 0.15) is 49.1 Å². The van der Waals surface area contributed by atoms with Gasteiger partial charge in [-0.05, 0) is 56.7 Å². The Balaban J connectivity index is 1.48. The molecule has 9 heteroatoms. The summed E-state index contributed by atoms with van der Waals surface area (Å²) in [6.07, 6.45) is 5.44. The summed E-state index contributed by atoms with van der Waals surface area (Å²) in [6, 6.07) is 5.73. The van der Waals surface area contributed by atoms with Gasteiger partial charge in [-0.25, -0.2) is 9.48 Å². The van der Waals surface area contributed by atoms with Crippen molar-refractivity contribution in [3.8, 4) is 0 Å². The van der Waals surface area contributed by atoms with Crippen molar-refractivity contribution in [2.24, 2.45) is 0 Å². The molecule has 0 aliphatic carbocycles. The molecule has 1 aromatic heterocycles. The lowest BCUT2D eigenvalue weighted by atomic mass is 10.1. The van der Waals surface area contributed by atoms with Crippen LogP contribution in [-0.2, 0) is 33.8 Å². The number of carbonyl (C=O) groups excluding carboxylic acids is 2. The number of hydrogen-bond donors (Lipinski definition) is 1. The normalized spacial score (nSPS) is 17.9. The number of fused-ring (bicyclic) bond motifs is 1. The predicted octanol–water partition coefficient (Wildman–Crippen LogP) is 2.03. The lowest BCUT2D eigenvalue weighted by Gasteiger charge is -2.25. The second kappa shape index (κ2) is 10.3. The number of nitrogens with zero attached hydrogens (tertiary/aromatic N) is 4. The zero-order valence-electron chi connectivity index (χ0n) is 19.5. The number of carbonyl (C=O) groups is 2. The molecule has 9 nitrogen and oxygen atoms in total. The molecular weight excluding hydrogens is 422 g/mol. The molecule has 1 atom stereocenters. The van der Waals surface area contributed by atoms with Gasteiger partial charge in [-0.3, -0.25) is 14.2 Å². The quantitative estimate of drug-likeness (QED) is 0.689. The molecule has 2 aliphatic heterocycles. The second-order valence-electron chi connectivity index (χ2n) is 9.02. The van der Waals surface area contributed by atoms with Gasteiger partial charge in [-0.15, -0.1) is 0 Å². The average Bonchev–Trinajstić information content (AvgIpc) is 3.32. The van der Waals surface area contributed by atoms with Crippen molar-refractivity contribution < 1.29 is 14.3 Å². The maximum atomic E-state index is 13.2. The highest BCUT2D eigenvalue weighted by Crippen LogP contribution is 2.18. The standard InChI is InChI=1S/C24H33N5O4/c1-17-8-6-10-20(18(17)2)25-22(30)15-27(14-19-9-7-13-33-19)23(31)16-29-24(32)28-12-5-3-4-11-21(28)26-29/h6,8,10,19H,3-5,7,9,11-16H2,1-2H3,(H,25,30). The fourth-order valence-corrected chi connectivity index (χ4v) is 4.49. The number of nitrogens with one attached hydrogen (secondary N) is 1. The van der Waals surface area contributed by atoms with E-state index in [4.69, 9.17) is 4.74 Å². The summed E-state index contributed by atoms with van der Waals surface area (Å²) in [5.41, 5.74) is 2.56. The molecule has 2 aromatic rings. The molecule has 0 spiro atoms. The first kappa shape index (κ1) is 23.2. The Labute approximate surface area is 193 Å². The molecule has 3 heterocycles. The van der Waals surface area contributed by atoms with Crippen molar-refractivity contribution in [3.05, 3.63) is 45.6 Å². The third kappa shape index (κ3) is 5.52. The van der Waals surface area contributed by atoms with Gasteiger partial charge in [-0.1, -0.05) is 18.6 Å². The summed E-state index contributed by atoms with van der Waals surface area (Å²) in [5.74, 6) is 0.156. The Kier molecular flexibility index (Phi) is 7.27. The minimum Gasteiger partial charge on any atom is -0.376 e. The molecule has 2 aliphatic rings. The van der Waals surface area contributed by atoms with Gasteiger partial charge in [0, 0.05) is 31.8 Å². The zero-order chi connectivity index (χ0) is 23.4. The number of hydrogen-bond acceptors (Lipinski definition) is 5. The molecule has 1 fully saturated rings. The molecule has 2 amide bonds. The van der Waals surface area contributed by atoms with Gasteiger partial charge >= 0.3 is 5.69 Å². The number of anilines is 1. The van der Waals surface area contributed by atoms with Gasteiger partial charge in [0.15, 0.2) is 0 Å². The van der Waals surface area contributed by atoms with Gasteiger partial charge in [0.05, 0.1) is 6.10 Å². The minimum atomic E-state index is -0.308. The average molecular weight is 456 g/mol. The van der Waals surface area contributed by atoms with E-state index >= 15 is 0 Å². The van der Waals surface area contributed by atoms with Crippen LogP contribution in [0, 0.1) is 13.8 Å². The van der Waals surface area contributed by atoms with Gasteiger partial charge in [0.2, 0.25) is 11.8 Å². The summed E-state index contributed by atoms with van der Waals surface area (Å²) >= 11 is 0. The summed E-state index contributed by atoms with van der Waals surface area (Å²) in [5, 5.41) is 7.34. The van der Waals surface area contributed by atoms with Crippen LogP contribution in [-0.4, -0.2) is 56.9 Å². The van der Waals surface area contributed by atoms with Crippen LogP contribution < -0.4 is 11.0 Å². The summed E-state index contributed by atoms with van der Waals surface area (Å²) in [4.78, 5) is 40.4. The Bertz CT molecular complexity index is 1070. The van der Waals surface area contributed by atoms with Crippen LogP contribution in [0.5, 0.6) is 0 Å². The van der Waals surface area contributed by atoms with Crippen LogP contribution in [0.2, 0.25) is 0 Å². The maximum Gasteiger partial charge on any atom is 0.346 e. The second-order valence-corrected chi connectivity index (χ2v) is 9.02. The van der Waals surface area contributed by atoms with E-state index in [0.29, 0.717) is 19.7 Å². The van der Waals surface area contributed by atoms with Crippen molar-refractivity contribution in [3.63, 3.8) is 0 Å². The number of rotatable bonds is 7.